The second-order valence-corrected chi connectivity index (χ2v) is 4.32. The van der Waals surface area contributed by atoms with Crippen molar-refractivity contribution in [3.63, 3.8) is 0 Å². The van der Waals surface area contributed by atoms with E-state index in [1.54, 1.807) is 12.1 Å². The molecule has 3 aromatic rings. The van der Waals surface area contributed by atoms with Gasteiger partial charge in [-0.2, -0.15) is 0 Å². The fourth-order valence-electron chi connectivity index (χ4n) is 2.05. The lowest BCUT2D eigenvalue weighted by atomic mass is 10.1. The zero-order chi connectivity index (χ0) is 13.4. The number of hydrogen-bond donors (Lipinski definition) is 1. The van der Waals surface area contributed by atoms with Gasteiger partial charge in [-0.25, -0.2) is 9.78 Å². The Hall–Kier alpha value is -2.62. The van der Waals surface area contributed by atoms with Gasteiger partial charge in [0.05, 0.1) is 5.69 Å². The molecule has 0 fully saturated rings. The number of hydrogen-bond acceptors (Lipinski definition) is 3. The van der Waals surface area contributed by atoms with Gasteiger partial charge in [-0.05, 0) is 43.3 Å². The van der Waals surface area contributed by atoms with Gasteiger partial charge in [0.25, 0.3) is 0 Å². The summed E-state index contributed by atoms with van der Waals surface area (Å²) in [5.74, 6) is -0.179. The first-order valence-electron chi connectivity index (χ1n) is 5.84. The van der Waals surface area contributed by atoms with Crippen LogP contribution in [0.4, 0.5) is 0 Å². The number of carboxylic acids is 1. The molecule has 1 N–H and O–H groups in total. The second-order valence-electron chi connectivity index (χ2n) is 4.32. The van der Waals surface area contributed by atoms with E-state index in [4.69, 9.17) is 9.52 Å². The van der Waals surface area contributed by atoms with E-state index in [0.717, 1.165) is 22.3 Å². The lowest BCUT2D eigenvalue weighted by molar-refractivity contribution is 0.0690. The number of carbonyl (C=O) groups is 1. The molecule has 0 spiro atoms. The summed E-state index contributed by atoms with van der Waals surface area (Å²) < 4.78 is 5.51. The molecule has 0 amide bonds. The van der Waals surface area contributed by atoms with E-state index in [9.17, 15) is 4.79 Å². The Kier molecular flexibility index (Phi) is 2.56. The Bertz CT molecular complexity index is 774. The van der Waals surface area contributed by atoms with Crippen LogP contribution in [0.25, 0.3) is 22.2 Å². The van der Waals surface area contributed by atoms with Crippen molar-refractivity contribution >= 4 is 16.9 Å². The molecule has 4 heteroatoms. The SMILES string of the molecule is Cc1cc2cc(-c3cccc(C(=O)O)n3)ccc2o1. The standard InChI is InChI=1S/C15H11NO3/c1-9-7-11-8-10(5-6-14(11)19-9)12-3-2-4-13(16-12)15(17)18/h2-8H,1H3,(H,17,18). The summed E-state index contributed by atoms with van der Waals surface area (Å²) in [5.41, 5.74) is 2.37. The van der Waals surface area contributed by atoms with Crippen molar-refractivity contribution in [2.75, 3.05) is 0 Å². The highest BCUT2D eigenvalue weighted by Gasteiger charge is 2.08. The number of pyridine rings is 1. The Morgan fingerprint density at radius 3 is 2.84 bits per heavy atom. The van der Waals surface area contributed by atoms with Gasteiger partial charge in [-0.15, -0.1) is 0 Å². The quantitative estimate of drug-likeness (QED) is 0.759. The maximum Gasteiger partial charge on any atom is 0.354 e. The van der Waals surface area contributed by atoms with Crippen LogP contribution < -0.4 is 0 Å². The molecule has 0 saturated carbocycles. The van der Waals surface area contributed by atoms with Gasteiger partial charge >= 0.3 is 5.97 Å². The van der Waals surface area contributed by atoms with Crippen molar-refractivity contribution in [2.24, 2.45) is 0 Å². The monoisotopic (exact) mass is 253 g/mol. The van der Waals surface area contributed by atoms with Crippen LogP contribution in [0.2, 0.25) is 0 Å². The second kappa shape index (κ2) is 4.24. The van der Waals surface area contributed by atoms with Gasteiger partial charge in [0, 0.05) is 10.9 Å². The van der Waals surface area contributed by atoms with Crippen LogP contribution in [0.3, 0.4) is 0 Å². The lowest BCUT2D eigenvalue weighted by Gasteiger charge is -2.02. The molecule has 0 bridgehead atoms. The van der Waals surface area contributed by atoms with E-state index >= 15 is 0 Å². The highest BCUT2D eigenvalue weighted by atomic mass is 16.4. The average Bonchev–Trinajstić information content (AvgIpc) is 2.77. The molecule has 0 atom stereocenters. The van der Waals surface area contributed by atoms with Crippen LogP contribution in [-0.2, 0) is 0 Å². The Morgan fingerprint density at radius 1 is 1.21 bits per heavy atom. The van der Waals surface area contributed by atoms with Crippen molar-refractivity contribution in [3.05, 3.63) is 53.9 Å². The fourth-order valence-corrected chi connectivity index (χ4v) is 2.05. The number of aromatic carboxylic acids is 1. The zero-order valence-corrected chi connectivity index (χ0v) is 10.3. The number of rotatable bonds is 2. The summed E-state index contributed by atoms with van der Waals surface area (Å²) in [7, 11) is 0. The number of nitrogens with zero attached hydrogens (tertiary/aromatic N) is 1. The molecule has 0 radical (unpaired) electrons. The summed E-state index contributed by atoms with van der Waals surface area (Å²) in [5, 5.41) is 9.94. The van der Waals surface area contributed by atoms with Gasteiger partial charge in [-0.3, -0.25) is 0 Å². The first-order valence-corrected chi connectivity index (χ1v) is 5.84. The van der Waals surface area contributed by atoms with E-state index in [2.05, 4.69) is 4.98 Å². The Balaban J connectivity index is 2.12. The van der Waals surface area contributed by atoms with Crippen molar-refractivity contribution < 1.29 is 14.3 Å². The minimum Gasteiger partial charge on any atom is -0.477 e. The van der Waals surface area contributed by atoms with Crippen molar-refractivity contribution in [1.82, 2.24) is 4.98 Å². The van der Waals surface area contributed by atoms with Gasteiger partial charge in [0.15, 0.2) is 0 Å². The molecule has 0 saturated heterocycles. The van der Waals surface area contributed by atoms with Crippen molar-refractivity contribution in [3.8, 4) is 11.3 Å². The van der Waals surface area contributed by atoms with E-state index in [1.807, 2.05) is 31.2 Å². The number of fused-ring (bicyclic) bond motifs is 1. The zero-order valence-electron chi connectivity index (χ0n) is 10.3. The van der Waals surface area contributed by atoms with Crippen LogP contribution >= 0.6 is 0 Å². The Morgan fingerprint density at radius 2 is 2.05 bits per heavy atom. The summed E-state index contributed by atoms with van der Waals surface area (Å²) in [4.78, 5) is 15.0. The molecule has 4 nitrogen and oxygen atoms in total. The van der Waals surface area contributed by atoms with Gasteiger partial charge in [0.1, 0.15) is 17.0 Å². The highest BCUT2D eigenvalue weighted by Crippen LogP contribution is 2.25. The third kappa shape index (κ3) is 2.08. The number of carboxylic acid groups (broad SMARTS) is 1. The molecule has 94 valence electrons. The van der Waals surface area contributed by atoms with Crippen molar-refractivity contribution in [1.29, 1.82) is 0 Å². The molecule has 19 heavy (non-hydrogen) atoms. The molecule has 0 aliphatic carbocycles. The molecular weight excluding hydrogens is 242 g/mol. The number of aromatic nitrogens is 1. The largest absolute Gasteiger partial charge is 0.477 e. The molecule has 2 heterocycles. The molecule has 2 aromatic heterocycles. The van der Waals surface area contributed by atoms with E-state index in [-0.39, 0.29) is 5.69 Å². The van der Waals surface area contributed by atoms with E-state index in [0.29, 0.717) is 5.69 Å². The Labute approximate surface area is 109 Å². The first kappa shape index (κ1) is 11.5. The van der Waals surface area contributed by atoms with Crippen molar-refractivity contribution in [2.45, 2.75) is 6.92 Å². The predicted octanol–water partition coefficient (Wildman–Crippen LogP) is 3.50. The minimum atomic E-state index is -1.03. The molecule has 0 unspecified atom stereocenters. The summed E-state index contributed by atoms with van der Waals surface area (Å²) in [6.45, 7) is 1.89. The van der Waals surface area contributed by atoms with Crippen LogP contribution in [0.1, 0.15) is 16.2 Å². The molecule has 0 aliphatic heterocycles. The molecular formula is C15H11NO3. The van der Waals surface area contributed by atoms with E-state index in [1.165, 1.54) is 6.07 Å². The first-order chi connectivity index (χ1) is 9.13. The average molecular weight is 253 g/mol. The summed E-state index contributed by atoms with van der Waals surface area (Å²) in [6.07, 6.45) is 0. The third-order valence-corrected chi connectivity index (χ3v) is 2.90. The molecule has 1 aromatic carbocycles. The number of aryl methyl sites for hydroxylation is 1. The number of benzene rings is 1. The van der Waals surface area contributed by atoms with Crippen LogP contribution in [-0.4, -0.2) is 16.1 Å². The predicted molar refractivity (Wildman–Crippen MR) is 71.1 cm³/mol. The maximum atomic E-state index is 10.9. The van der Waals surface area contributed by atoms with Crippen LogP contribution in [0.5, 0.6) is 0 Å². The fraction of sp³-hybridized carbons (Fsp3) is 0.0667. The van der Waals surface area contributed by atoms with E-state index < -0.39 is 5.97 Å². The molecule has 0 aliphatic rings. The minimum absolute atomic E-state index is 0.0426. The third-order valence-electron chi connectivity index (χ3n) is 2.90. The smallest absolute Gasteiger partial charge is 0.354 e. The van der Waals surface area contributed by atoms with Crippen LogP contribution in [0, 0.1) is 6.92 Å². The normalized spacial score (nSPS) is 10.8. The summed E-state index contributed by atoms with van der Waals surface area (Å²) in [6, 6.07) is 12.6. The molecule has 3 rings (SSSR count). The van der Waals surface area contributed by atoms with Crippen LogP contribution in [0.15, 0.2) is 46.9 Å². The lowest BCUT2D eigenvalue weighted by Crippen LogP contribution is -2.00. The van der Waals surface area contributed by atoms with Gasteiger partial charge < -0.3 is 9.52 Å². The maximum absolute atomic E-state index is 10.9. The van der Waals surface area contributed by atoms with Gasteiger partial charge in [0.2, 0.25) is 0 Å². The number of furan rings is 1. The summed E-state index contributed by atoms with van der Waals surface area (Å²) >= 11 is 0. The highest BCUT2D eigenvalue weighted by molar-refractivity contribution is 5.87. The van der Waals surface area contributed by atoms with Gasteiger partial charge in [-0.1, -0.05) is 6.07 Å². The topological polar surface area (TPSA) is 63.3 Å².